The summed E-state index contributed by atoms with van der Waals surface area (Å²) >= 11 is 0. The van der Waals surface area contributed by atoms with Crippen LogP contribution in [0, 0.1) is 16.0 Å². The van der Waals surface area contributed by atoms with E-state index in [1.165, 1.54) is 0 Å². The van der Waals surface area contributed by atoms with Gasteiger partial charge in [-0.3, -0.25) is 10.1 Å². The second kappa shape index (κ2) is 5.87. The zero-order valence-corrected chi connectivity index (χ0v) is 11.7. The van der Waals surface area contributed by atoms with Crippen LogP contribution in [0.25, 0.3) is 0 Å². The topological polar surface area (TPSA) is 153 Å². The molecule has 0 bridgehead atoms. The normalized spacial score (nSPS) is 18.4. The number of nitrogens with two attached hydrogens (primary N) is 1. The molecule has 2 aromatic rings. The smallest absolute Gasteiger partial charge is 0.329 e. The van der Waals surface area contributed by atoms with Gasteiger partial charge >= 0.3 is 5.69 Å². The van der Waals surface area contributed by atoms with E-state index in [2.05, 4.69) is 30.6 Å². The number of rotatable bonds is 4. The number of nitro groups is 1. The van der Waals surface area contributed by atoms with E-state index < -0.39 is 4.92 Å². The summed E-state index contributed by atoms with van der Waals surface area (Å²) in [5.74, 6) is 1.33. The number of piperidine rings is 1. The van der Waals surface area contributed by atoms with Crippen LogP contribution in [-0.2, 0) is 6.42 Å². The Bertz CT molecular complexity index is 660. The summed E-state index contributed by atoms with van der Waals surface area (Å²) in [5.41, 5.74) is 5.35. The van der Waals surface area contributed by atoms with Crippen molar-refractivity contribution in [3.8, 4) is 0 Å². The third-order valence-electron chi connectivity index (χ3n) is 3.64. The Morgan fingerprint density at radius 3 is 3.09 bits per heavy atom. The molecule has 22 heavy (non-hydrogen) atoms. The zero-order valence-electron chi connectivity index (χ0n) is 11.7. The summed E-state index contributed by atoms with van der Waals surface area (Å²) in [4.78, 5) is 20.2. The Balaban J connectivity index is 1.71. The first-order chi connectivity index (χ1) is 10.6. The molecule has 116 valence electrons. The molecule has 0 spiro atoms. The molecule has 0 radical (unpaired) electrons. The van der Waals surface area contributed by atoms with Gasteiger partial charge in [-0.15, -0.1) is 10.2 Å². The maximum absolute atomic E-state index is 10.7. The summed E-state index contributed by atoms with van der Waals surface area (Å²) in [6.07, 6.45) is 3.90. The van der Waals surface area contributed by atoms with Crippen LogP contribution in [-0.4, -0.2) is 48.6 Å². The predicted molar refractivity (Wildman–Crippen MR) is 75.9 cm³/mol. The van der Waals surface area contributed by atoms with Gasteiger partial charge in [-0.2, -0.15) is 10.2 Å². The molecule has 1 unspecified atom stereocenters. The fourth-order valence-corrected chi connectivity index (χ4v) is 2.61. The van der Waals surface area contributed by atoms with Crippen LogP contribution >= 0.6 is 0 Å². The summed E-state index contributed by atoms with van der Waals surface area (Å²) < 4.78 is 0. The number of aromatic nitrogens is 6. The minimum absolute atomic E-state index is 0.115. The van der Waals surface area contributed by atoms with Crippen molar-refractivity contribution in [1.29, 1.82) is 0 Å². The van der Waals surface area contributed by atoms with Gasteiger partial charge in [0, 0.05) is 19.5 Å². The molecular weight excluding hydrogens is 290 g/mol. The number of tetrazole rings is 1. The van der Waals surface area contributed by atoms with Crippen molar-refractivity contribution in [3.63, 3.8) is 0 Å². The highest BCUT2D eigenvalue weighted by Crippen LogP contribution is 2.25. The first-order valence-electron chi connectivity index (χ1n) is 6.87. The standard InChI is InChI=1S/C11H15N9O2/c12-10-8(20(21)22)5-13-11(14-10)19-3-1-2-7(6-19)4-9-15-17-18-16-9/h5,7H,1-4,6H2,(H2,12,13,14)(H,15,16,17,18). The SMILES string of the molecule is Nc1nc(N2CCCC(Cc3nn[nH]n3)C2)ncc1[N+](=O)[O-]. The fourth-order valence-electron chi connectivity index (χ4n) is 2.61. The highest BCUT2D eigenvalue weighted by atomic mass is 16.6. The van der Waals surface area contributed by atoms with Crippen molar-refractivity contribution < 1.29 is 4.92 Å². The van der Waals surface area contributed by atoms with Crippen molar-refractivity contribution in [1.82, 2.24) is 30.6 Å². The molecule has 0 amide bonds. The Morgan fingerprint density at radius 2 is 2.41 bits per heavy atom. The lowest BCUT2D eigenvalue weighted by Crippen LogP contribution is -2.37. The molecule has 11 nitrogen and oxygen atoms in total. The minimum atomic E-state index is -0.589. The number of anilines is 2. The lowest BCUT2D eigenvalue weighted by atomic mass is 9.95. The summed E-state index contributed by atoms with van der Waals surface area (Å²) in [6.45, 7) is 1.52. The Morgan fingerprint density at radius 1 is 1.55 bits per heavy atom. The van der Waals surface area contributed by atoms with Gasteiger partial charge in [-0.25, -0.2) is 4.98 Å². The Labute approximate surface area is 125 Å². The van der Waals surface area contributed by atoms with Crippen molar-refractivity contribution in [2.45, 2.75) is 19.3 Å². The van der Waals surface area contributed by atoms with E-state index in [9.17, 15) is 10.1 Å². The maximum atomic E-state index is 10.7. The monoisotopic (exact) mass is 305 g/mol. The summed E-state index contributed by atoms with van der Waals surface area (Å²) in [5, 5.41) is 24.7. The van der Waals surface area contributed by atoms with Gasteiger partial charge in [0.25, 0.3) is 0 Å². The molecule has 1 fully saturated rings. The average molecular weight is 305 g/mol. The van der Waals surface area contributed by atoms with Gasteiger partial charge < -0.3 is 10.6 Å². The van der Waals surface area contributed by atoms with Crippen LogP contribution in [0.3, 0.4) is 0 Å². The zero-order chi connectivity index (χ0) is 15.5. The molecule has 0 saturated carbocycles. The van der Waals surface area contributed by atoms with E-state index in [0.29, 0.717) is 17.7 Å². The number of nitrogens with one attached hydrogen (secondary N) is 1. The average Bonchev–Trinajstić information content (AvgIpc) is 3.00. The fraction of sp³-hybridized carbons (Fsp3) is 0.545. The number of nitrogens with zero attached hydrogens (tertiary/aromatic N) is 7. The summed E-state index contributed by atoms with van der Waals surface area (Å²) in [6, 6.07) is 0. The summed E-state index contributed by atoms with van der Waals surface area (Å²) in [7, 11) is 0. The largest absolute Gasteiger partial charge is 0.378 e. The lowest BCUT2D eigenvalue weighted by Gasteiger charge is -2.32. The van der Waals surface area contributed by atoms with E-state index in [1.807, 2.05) is 4.90 Å². The van der Waals surface area contributed by atoms with Crippen LogP contribution in [0.5, 0.6) is 0 Å². The van der Waals surface area contributed by atoms with E-state index >= 15 is 0 Å². The number of hydrogen-bond acceptors (Lipinski definition) is 9. The Kier molecular flexibility index (Phi) is 3.76. The van der Waals surface area contributed by atoms with Crippen molar-refractivity contribution >= 4 is 17.5 Å². The van der Waals surface area contributed by atoms with Crippen LogP contribution in [0.2, 0.25) is 0 Å². The number of nitrogen functional groups attached to an aromatic ring is 1. The van der Waals surface area contributed by atoms with Gasteiger partial charge in [0.1, 0.15) is 6.20 Å². The second-order valence-corrected chi connectivity index (χ2v) is 5.18. The highest BCUT2D eigenvalue weighted by Gasteiger charge is 2.24. The molecule has 0 aliphatic carbocycles. The Hall–Kier alpha value is -2.85. The number of H-pyrrole nitrogens is 1. The van der Waals surface area contributed by atoms with E-state index in [1.54, 1.807) is 0 Å². The first kappa shape index (κ1) is 14.1. The molecule has 3 N–H and O–H groups in total. The molecule has 11 heteroatoms. The third kappa shape index (κ3) is 2.92. The predicted octanol–water partition coefficient (Wildman–Crippen LogP) is -0.0608. The van der Waals surface area contributed by atoms with Crippen LogP contribution < -0.4 is 10.6 Å². The first-order valence-corrected chi connectivity index (χ1v) is 6.87. The molecule has 3 rings (SSSR count). The number of aromatic amines is 1. The third-order valence-corrected chi connectivity index (χ3v) is 3.64. The molecule has 1 atom stereocenters. The van der Waals surface area contributed by atoms with Crippen LogP contribution in [0.1, 0.15) is 18.7 Å². The molecule has 2 aromatic heterocycles. The van der Waals surface area contributed by atoms with Crippen molar-refractivity contribution in [3.05, 3.63) is 22.1 Å². The quantitative estimate of drug-likeness (QED) is 0.584. The molecule has 0 aromatic carbocycles. The van der Waals surface area contributed by atoms with Gasteiger partial charge in [-0.05, 0) is 18.8 Å². The van der Waals surface area contributed by atoms with Crippen molar-refractivity contribution in [2.24, 2.45) is 5.92 Å². The van der Waals surface area contributed by atoms with Gasteiger partial charge in [0.2, 0.25) is 11.8 Å². The van der Waals surface area contributed by atoms with Crippen LogP contribution in [0.4, 0.5) is 17.5 Å². The minimum Gasteiger partial charge on any atom is -0.378 e. The lowest BCUT2D eigenvalue weighted by molar-refractivity contribution is -0.384. The van der Waals surface area contributed by atoms with E-state index in [0.717, 1.165) is 38.5 Å². The van der Waals surface area contributed by atoms with Crippen molar-refractivity contribution in [2.75, 3.05) is 23.7 Å². The molecule has 1 saturated heterocycles. The molecule has 1 aliphatic heterocycles. The maximum Gasteiger partial charge on any atom is 0.329 e. The molecule has 3 heterocycles. The molecule has 1 aliphatic rings. The van der Waals surface area contributed by atoms with E-state index in [-0.39, 0.29) is 11.5 Å². The van der Waals surface area contributed by atoms with Gasteiger partial charge in [0.05, 0.1) is 4.92 Å². The van der Waals surface area contributed by atoms with Gasteiger partial charge in [-0.1, -0.05) is 5.21 Å². The molecular formula is C11H15N9O2. The van der Waals surface area contributed by atoms with E-state index in [4.69, 9.17) is 5.73 Å². The number of hydrogen-bond donors (Lipinski definition) is 2. The van der Waals surface area contributed by atoms with Gasteiger partial charge in [0.15, 0.2) is 5.82 Å². The highest BCUT2D eigenvalue weighted by molar-refractivity contribution is 5.53. The second-order valence-electron chi connectivity index (χ2n) is 5.18. The van der Waals surface area contributed by atoms with Crippen LogP contribution in [0.15, 0.2) is 6.20 Å².